The highest BCUT2D eigenvalue weighted by atomic mass is 16.2. The molecule has 2 aromatic rings. The van der Waals surface area contributed by atoms with Gasteiger partial charge in [0.25, 0.3) is 5.91 Å². The Morgan fingerprint density at radius 3 is 2.74 bits per heavy atom. The van der Waals surface area contributed by atoms with Crippen LogP contribution in [-0.4, -0.2) is 29.0 Å². The zero-order chi connectivity index (χ0) is 14.0. The summed E-state index contributed by atoms with van der Waals surface area (Å²) in [6.07, 6.45) is 3.78. The van der Waals surface area contributed by atoms with E-state index in [2.05, 4.69) is 24.1 Å². The lowest BCUT2D eigenvalue weighted by atomic mass is 10.1. The fourth-order valence-corrected chi connectivity index (χ4v) is 2.22. The highest BCUT2D eigenvalue weighted by Gasteiger charge is 2.17. The Hall–Kier alpha value is -2.03. The third-order valence-corrected chi connectivity index (χ3v) is 3.53. The van der Waals surface area contributed by atoms with Crippen molar-refractivity contribution in [1.82, 2.24) is 9.47 Å². The van der Waals surface area contributed by atoms with Gasteiger partial charge in [0.2, 0.25) is 0 Å². The Bertz CT molecular complexity index is 625. The smallest absolute Gasteiger partial charge is 0.255 e. The average Bonchev–Trinajstić information content (AvgIpc) is 2.83. The van der Waals surface area contributed by atoms with Crippen molar-refractivity contribution in [1.29, 1.82) is 0 Å². The number of carbonyl (C=O) groups excluding carboxylic acids is 1. The van der Waals surface area contributed by atoms with Gasteiger partial charge in [-0.15, -0.1) is 0 Å². The van der Waals surface area contributed by atoms with Gasteiger partial charge in [-0.3, -0.25) is 4.79 Å². The molecule has 0 fully saturated rings. The van der Waals surface area contributed by atoms with Gasteiger partial charge in [-0.25, -0.2) is 0 Å². The van der Waals surface area contributed by atoms with E-state index in [1.807, 2.05) is 38.4 Å². The third-order valence-electron chi connectivity index (χ3n) is 3.53. The molecule has 0 N–H and O–H groups in total. The van der Waals surface area contributed by atoms with E-state index in [1.54, 1.807) is 4.90 Å². The van der Waals surface area contributed by atoms with Gasteiger partial charge in [0.05, 0.1) is 5.56 Å². The Morgan fingerprint density at radius 2 is 2.16 bits per heavy atom. The maximum absolute atomic E-state index is 12.4. The monoisotopic (exact) mass is 256 g/mol. The molecule has 0 aliphatic rings. The number of aromatic nitrogens is 1. The van der Waals surface area contributed by atoms with E-state index in [1.165, 1.54) is 0 Å². The molecule has 0 saturated heterocycles. The second-order valence-electron chi connectivity index (χ2n) is 4.63. The zero-order valence-electron chi connectivity index (χ0n) is 11.8. The average molecular weight is 256 g/mol. The first-order chi connectivity index (χ1) is 9.12. The number of hydrogen-bond donors (Lipinski definition) is 0. The van der Waals surface area contributed by atoms with Crippen LogP contribution >= 0.6 is 0 Å². The number of benzene rings is 1. The summed E-state index contributed by atoms with van der Waals surface area (Å²) in [5.74, 6) is 0.0750. The van der Waals surface area contributed by atoms with Gasteiger partial charge in [-0.1, -0.05) is 24.8 Å². The van der Waals surface area contributed by atoms with Crippen molar-refractivity contribution in [2.24, 2.45) is 0 Å². The summed E-state index contributed by atoms with van der Waals surface area (Å²) in [6.45, 7) is 9.41. The van der Waals surface area contributed by atoms with E-state index in [9.17, 15) is 4.79 Å². The molecule has 0 aliphatic heterocycles. The van der Waals surface area contributed by atoms with Gasteiger partial charge in [0, 0.05) is 37.2 Å². The molecule has 2 rings (SSSR count). The van der Waals surface area contributed by atoms with Crippen molar-refractivity contribution in [3.05, 3.63) is 42.1 Å². The van der Waals surface area contributed by atoms with Crippen molar-refractivity contribution in [3.63, 3.8) is 0 Å². The van der Waals surface area contributed by atoms with Crippen LogP contribution in [0.2, 0.25) is 0 Å². The van der Waals surface area contributed by atoms with E-state index in [0.717, 1.165) is 28.6 Å². The Kier molecular flexibility index (Phi) is 3.74. The molecule has 1 aromatic carbocycles. The van der Waals surface area contributed by atoms with Crippen LogP contribution in [0.1, 0.15) is 29.8 Å². The van der Waals surface area contributed by atoms with Crippen LogP contribution in [0, 0.1) is 0 Å². The van der Waals surface area contributed by atoms with Gasteiger partial charge in [0.15, 0.2) is 0 Å². The molecule has 0 bridgehead atoms. The number of carbonyl (C=O) groups is 1. The quantitative estimate of drug-likeness (QED) is 0.823. The van der Waals surface area contributed by atoms with Crippen molar-refractivity contribution in [2.45, 2.75) is 20.4 Å². The van der Waals surface area contributed by atoms with Gasteiger partial charge in [0.1, 0.15) is 0 Å². The summed E-state index contributed by atoms with van der Waals surface area (Å²) in [6, 6.07) is 6.09. The largest absolute Gasteiger partial charge is 0.347 e. The fraction of sp³-hybridized carbons (Fsp3) is 0.312. The summed E-state index contributed by atoms with van der Waals surface area (Å²) in [4.78, 5) is 14.1. The molecule has 1 heterocycles. The first-order valence-corrected chi connectivity index (χ1v) is 6.63. The van der Waals surface area contributed by atoms with E-state index in [-0.39, 0.29) is 5.91 Å². The number of nitrogens with zero attached hydrogens (tertiary/aromatic N) is 2. The molecular weight excluding hydrogens is 236 g/mol. The summed E-state index contributed by atoms with van der Waals surface area (Å²) >= 11 is 0. The van der Waals surface area contributed by atoms with Crippen LogP contribution in [0.3, 0.4) is 0 Å². The molecule has 0 saturated carbocycles. The zero-order valence-corrected chi connectivity index (χ0v) is 11.8. The van der Waals surface area contributed by atoms with Crippen LogP contribution < -0.4 is 0 Å². The van der Waals surface area contributed by atoms with Crippen LogP contribution in [-0.2, 0) is 6.54 Å². The molecule has 1 amide bonds. The van der Waals surface area contributed by atoms with E-state index < -0.39 is 0 Å². The minimum Gasteiger partial charge on any atom is -0.347 e. The first kappa shape index (κ1) is 13.4. The van der Waals surface area contributed by atoms with Crippen molar-refractivity contribution in [3.8, 4) is 0 Å². The minimum absolute atomic E-state index is 0.0750. The predicted molar refractivity (Wildman–Crippen MR) is 80.3 cm³/mol. The minimum atomic E-state index is 0.0750. The van der Waals surface area contributed by atoms with Crippen LogP contribution in [0.4, 0.5) is 0 Å². The molecule has 0 radical (unpaired) electrons. The number of aryl methyl sites for hydroxylation is 1. The number of hydrogen-bond acceptors (Lipinski definition) is 1. The second-order valence-corrected chi connectivity index (χ2v) is 4.63. The highest BCUT2D eigenvalue weighted by Crippen LogP contribution is 2.24. The lowest BCUT2D eigenvalue weighted by Crippen LogP contribution is -2.25. The summed E-state index contributed by atoms with van der Waals surface area (Å²) in [5.41, 5.74) is 2.94. The van der Waals surface area contributed by atoms with Crippen molar-refractivity contribution >= 4 is 22.9 Å². The van der Waals surface area contributed by atoms with E-state index >= 15 is 0 Å². The molecule has 0 atom stereocenters. The number of amides is 1. The Balaban J connectivity index is 2.63. The fourth-order valence-electron chi connectivity index (χ4n) is 2.22. The van der Waals surface area contributed by atoms with Crippen LogP contribution in [0.25, 0.3) is 17.0 Å². The lowest BCUT2D eigenvalue weighted by molar-refractivity contribution is 0.0804. The standard InChI is InChI=1S/C16H20N2O/c1-5-12-8-9-13-14(16(19)17(4)6-2)11-18(7-3)15(13)10-12/h5,8-11H,1,6-7H2,2-4H3. The van der Waals surface area contributed by atoms with Gasteiger partial charge in [-0.05, 0) is 25.5 Å². The molecule has 3 nitrogen and oxygen atoms in total. The Morgan fingerprint density at radius 1 is 1.42 bits per heavy atom. The molecule has 19 heavy (non-hydrogen) atoms. The number of rotatable bonds is 4. The maximum atomic E-state index is 12.4. The third kappa shape index (κ3) is 2.28. The molecule has 0 unspecified atom stereocenters. The van der Waals surface area contributed by atoms with Gasteiger partial charge >= 0.3 is 0 Å². The van der Waals surface area contributed by atoms with Gasteiger partial charge in [-0.2, -0.15) is 0 Å². The summed E-state index contributed by atoms with van der Waals surface area (Å²) < 4.78 is 2.11. The molecular formula is C16H20N2O. The SMILES string of the molecule is C=Cc1ccc2c(C(=O)N(C)CC)cn(CC)c2c1. The van der Waals surface area contributed by atoms with E-state index in [0.29, 0.717) is 6.54 Å². The second kappa shape index (κ2) is 5.31. The van der Waals surface area contributed by atoms with Crippen molar-refractivity contribution in [2.75, 3.05) is 13.6 Å². The van der Waals surface area contributed by atoms with Crippen LogP contribution in [0.5, 0.6) is 0 Å². The lowest BCUT2D eigenvalue weighted by Gasteiger charge is -2.13. The normalized spacial score (nSPS) is 10.7. The summed E-state index contributed by atoms with van der Waals surface area (Å²) in [7, 11) is 1.83. The molecule has 100 valence electrons. The topological polar surface area (TPSA) is 25.2 Å². The van der Waals surface area contributed by atoms with E-state index in [4.69, 9.17) is 0 Å². The molecule has 0 spiro atoms. The maximum Gasteiger partial charge on any atom is 0.255 e. The highest BCUT2D eigenvalue weighted by molar-refractivity contribution is 6.07. The number of fused-ring (bicyclic) bond motifs is 1. The predicted octanol–water partition coefficient (Wildman–Crippen LogP) is 3.40. The van der Waals surface area contributed by atoms with Crippen molar-refractivity contribution < 1.29 is 4.79 Å². The molecule has 0 aliphatic carbocycles. The molecule has 3 heteroatoms. The summed E-state index contributed by atoms with van der Waals surface area (Å²) in [5, 5.41) is 1.01. The Labute approximate surface area is 114 Å². The first-order valence-electron chi connectivity index (χ1n) is 6.63. The molecule has 1 aromatic heterocycles. The van der Waals surface area contributed by atoms with Gasteiger partial charge < -0.3 is 9.47 Å². The van der Waals surface area contributed by atoms with Crippen LogP contribution in [0.15, 0.2) is 31.0 Å².